The molecule has 36 heavy (non-hydrogen) atoms. The van der Waals surface area contributed by atoms with Crippen LogP contribution in [0.5, 0.6) is 5.75 Å². The van der Waals surface area contributed by atoms with Gasteiger partial charge >= 0.3 is 6.36 Å². The molecule has 192 valence electrons. The number of ether oxygens (including phenoxy) is 1. The molecule has 1 saturated carbocycles. The summed E-state index contributed by atoms with van der Waals surface area (Å²) in [5.41, 5.74) is 2.69. The number of fused-ring (bicyclic) bond motifs is 1. The first-order chi connectivity index (χ1) is 17.3. The zero-order valence-corrected chi connectivity index (χ0v) is 20.6. The van der Waals surface area contributed by atoms with E-state index in [9.17, 15) is 13.2 Å². The standard InChI is InChI=1S/C31H34F4O/c1-2-3-4-22-5-7-23(8-6-22)9-10-25-14-20-29-27(21-25)17-16-26(30(29)32)15-11-24-12-18-28(19-13-24)36-31(33,34)35/h2,12-14,16-23H,1,3-11,15H2. The zero-order chi connectivity index (χ0) is 25.5. The normalized spacial score (nSPS) is 18.3. The van der Waals surface area contributed by atoms with E-state index in [1.807, 2.05) is 30.3 Å². The van der Waals surface area contributed by atoms with Gasteiger partial charge in [0, 0.05) is 5.39 Å². The van der Waals surface area contributed by atoms with E-state index in [2.05, 4.69) is 17.4 Å². The molecule has 0 aliphatic heterocycles. The van der Waals surface area contributed by atoms with E-state index in [-0.39, 0.29) is 11.6 Å². The van der Waals surface area contributed by atoms with Crippen molar-refractivity contribution in [3.8, 4) is 5.75 Å². The highest BCUT2D eigenvalue weighted by atomic mass is 19.4. The van der Waals surface area contributed by atoms with Crippen LogP contribution in [0.15, 0.2) is 67.3 Å². The van der Waals surface area contributed by atoms with E-state index < -0.39 is 6.36 Å². The molecule has 0 radical (unpaired) electrons. The van der Waals surface area contributed by atoms with Crippen LogP contribution in [0.3, 0.4) is 0 Å². The lowest BCUT2D eigenvalue weighted by Gasteiger charge is -2.28. The van der Waals surface area contributed by atoms with Crippen LogP contribution in [-0.4, -0.2) is 6.36 Å². The number of hydrogen-bond acceptors (Lipinski definition) is 1. The first-order valence-corrected chi connectivity index (χ1v) is 13.0. The summed E-state index contributed by atoms with van der Waals surface area (Å²) < 4.78 is 56.1. The molecule has 0 bridgehead atoms. The van der Waals surface area contributed by atoms with Crippen LogP contribution in [-0.2, 0) is 19.3 Å². The average molecular weight is 499 g/mol. The van der Waals surface area contributed by atoms with Crippen molar-refractivity contribution in [3.05, 3.63) is 89.8 Å². The molecule has 1 aliphatic carbocycles. The van der Waals surface area contributed by atoms with Crippen molar-refractivity contribution in [2.45, 2.75) is 70.6 Å². The number of hydrogen-bond donors (Lipinski definition) is 0. The van der Waals surface area contributed by atoms with Crippen molar-refractivity contribution in [3.63, 3.8) is 0 Å². The molecule has 1 fully saturated rings. The molecule has 0 saturated heterocycles. The minimum Gasteiger partial charge on any atom is -0.406 e. The highest BCUT2D eigenvalue weighted by Crippen LogP contribution is 2.34. The second kappa shape index (κ2) is 11.9. The second-order valence-corrected chi connectivity index (χ2v) is 10.1. The average Bonchev–Trinajstić information content (AvgIpc) is 2.86. The third kappa shape index (κ3) is 7.35. The summed E-state index contributed by atoms with van der Waals surface area (Å²) in [7, 11) is 0. The summed E-state index contributed by atoms with van der Waals surface area (Å²) in [5, 5.41) is 1.53. The van der Waals surface area contributed by atoms with Gasteiger partial charge in [-0.2, -0.15) is 0 Å². The van der Waals surface area contributed by atoms with Gasteiger partial charge in [-0.3, -0.25) is 0 Å². The molecule has 0 N–H and O–H groups in total. The Bertz CT molecular complexity index is 1140. The maximum Gasteiger partial charge on any atom is 0.573 e. The topological polar surface area (TPSA) is 9.23 Å². The Kier molecular flexibility index (Phi) is 8.71. The largest absolute Gasteiger partial charge is 0.573 e. The van der Waals surface area contributed by atoms with Crippen LogP contribution in [0.2, 0.25) is 0 Å². The first kappa shape index (κ1) is 26.2. The van der Waals surface area contributed by atoms with Gasteiger partial charge in [-0.1, -0.05) is 74.2 Å². The zero-order valence-electron chi connectivity index (χ0n) is 20.6. The number of rotatable bonds is 10. The minimum atomic E-state index is -4.71. The first-order valence-electron chi connectivity index (χ1n) is 13.0. The maximum atomic E-state index is 15.2. The lowest BCUT2D eigenvalue weighted by atomic mass is 9.78. The van der Waals surface area contributed by atoms with Gasteiger partial charge in [-0.15, -0.1) is 19.8 Å². The van der Waals surface area contributed by atoms with E-state index in [4.69, 9.17) is 0 Å². The Morgan fingerprint density at radius 2 is 1.47 bits per heavy atom. The van der Waals surface area contributed by atoms with Crippen molar-refractivity contribution >= 4 is 10.8 Å². The molecule has 1 nitrogen and oxygen atoms in total. The molecule has 0 spiro atoms. The predicted molar refractivity (Wildman–Crippen MR) is 138 cm³/mol. The summed E-state index contributed by atoms with van der Waals surface area (Å²) in [6.07, 6.45) is 8.21. The molecule has 0 heterocycles. The monoisotopic (exact) mass is 498 g/mol. The molecule has 5 heteroatoms. The molecule has 4 rings (SSSR count). The number of allylic oxidation sites excluding steroid dienone is 1. The smallest absolute Gasteiger partial charge is 0.406 e. The van der Waals surface area contributed by atoms with Crippen molar-refractivity contribution in [2.24, 2.45) is 11.8 Å². The molecular formula is C31H34F4O. The Labute approximate surface area is 211 Å². The lowest BCUT2D eigenvalue weighted by molar-refractivity contribution is -0.274. The predicted octanol–water partition coefficient (Wildman–Crippen LogP) is 9.37. The summed E-state index contributed by atoms with van der Waals surface area (Å²) in [6.45, 7) is 3.83. The van der Waals surface area contributed by atoms with E-state index >= 15 is 4.39 Å². The van der Waals surface area contributed by atoms with E-state index in [1.165, 1.54) is 56.2 Å². The number of aryl methyl sites for hydroxylation is 3. The number of benzene rings is 3. The number of halogens is 4. The second-order valence-electron chi connectivity index (χ2n) is 10.1. The van der Waals surface area contributed by atoms with Crippen molar-refractivity contribution in [1.29, 1.82) is 0 Å². The summed E-state index contributed by atoms with van der Waals surface area (Å²) in [4.78, 5) is 0. The van der Waals surface area contributed by atoms with Crippen LogP contribution in [0.4, 0.5) is 17.6 Å². The van der Waals surface area contributed by atoms with Crippen molar-refractivity contribution in [1.82, 2.24) is 0 Å². The Hall–Kier alpha value is -2.82. The minimum absolute atomic E-state index is 0.214. The molecule has 0 aromatic heterocycles. The van der Waals surface area contributed by atoms with E-state index in [0.717, 1.165) is 35.6 Å². The van der Waals surface area contributed by atoms with Crippen LogP contribution in [0.1, 0.15) is 61.6 Å². The van der Waals surface area contributed by atoms with Crippen LogP contribution < -0.4 is 4.74 Å². The fraction of sp³-hybridized carbons (Fsp3) is 0.419. The lowest BCUT2D eigenvalue weighted by Crippen LogP contribution is -2.17. The van der Waals surface area contributed by atoms with Crippen molar-refractivity contribution in [2.75, 3.05) is 0 Å². The molecule has 0 amide bonds. The molecule has 0 atom stereocenters. The summed E-state index contributed by atoms with van der Waals surface area (Å²) in [5.74, 6) is 1.18. The molecule has 3 aromatic rings. The third-order valence-electron chi connectivity index (χ3n) is 7.53. The Morgan fingerprint density at radius 3 is 2.14 bits per heavy atom. The highest BCUT2D eigenvalue weighted by Gasteiger charge is 2.31. The fourth-order valence-corrected chi connectivity index (χ4v) is 5.41. The van der Waals surface area contributed by atoms with Crippen LogP contribution >= 0.6 is 0 Å². The Morgan fingerprint density at radius 1 is 0.806 bits per heavy atom. The van der Waals surface area contributed by atoms with Crippen LogP contribution in [0.25, 0.3) is 10.8 Å². The van der Waals surface area contributed by atoms with E-state index in [1.54, 1.807) is 12.1 Å². The van der Waals surface area contributed by atoms with Gasteiger partial charge < -0.3 is 4.74 Å². The fourth-order valence-electron chi connectivity index (χ4n) is 5.41. The van der Waals surface area contributed by atoms with Crippen molar-refractivity contribution < 1.29 is 22.3 Å². The molecular weight excluding hydrogens is 464 g/mol. The Balaban J connectivity index is 1.31. The third-order valence-corrected chi connectivity index (χ3v) is 7.53. The van der Waals surface area contributed by atoms with Gasteiger partial charge in [0.25, 0.3) is 0 Å². The van der Waals surface area contributed by atoms with Gasteiger partial charge in [0.1, 0.15) is 11.6 Å². The van der Waals surface area contributed by atoms with Crippen LogP contribution in [0, 0.1) is 17.7 Å². The highest BCUT2D eigenvalue weighted by molar-refractivity contribution is 5.84. The summed E-state index contributed by atoms with van der Waals surface area (Å²) in [6, 6.07) is 15.6. The SMILES string of the molecule is C=CCCC1CCC(CCc2ccc3c(F)c(CCc4ccc(OC(F)(F)F)cc4)ccc3c2)CC1. The van der Waals surface area contributed by atoms with Gasteiger partial charge in [-0.25, -0.2) is 4.39 Å². The van der Waals surface area contributed by atoms with E-state index in [0.29, 0.717) is 23.8 Å². The molecule has 3 aromatic carbocycles. The summed E-state index contributed by atoms with van der Waals surface area (Å²) >= 11 is 0. The van der Waals surface area contributed by atoms with Gasteiger partial charge in [0.15, 0.2) is 0 Å². The van der Waals surface area contributed by atoms with Gasteiger partial charge in [-0.05, 0) is 84.6 Å². The maximum absolute atomic E-state index is 15.2. The molecule has 1 aliphatic rings. The quantitative estimate of drug-likeness (QED) is 0.200. The van der Waals surface area contributed by atoms with Gasteiger partial charge in [0.2, 0.25) is 0 Å². The number of alkyl halides is 3. The molecule has 0 unspecified atom stereocenters. The van der Waals surface area contributed by atoms with Gasteiger partial charge in [0.05, 0.1) is 0 Å².